The van der Waals surface area contributed by atoms with Crippen LogP contribution in [0, 0.1) is 11.2 Å². The summed E-state index contributed by atoms with van der Waals surface area (Å²) in [5, 5.41) is 8.46. The Morgan fingerprint density at radius 1 is 1.25 bits per heavy atom. The molecule has 0 N–H and O–H groups in total. The highest BCUT2D eigenvalue weighted by Crippen LogP contribution is 2.33. The highest BCUT2D eigenvalue weighted by atomic mass is 79.9. The number of hydrogen-bond donors (Lipinski definition) is 0. The van der Waals surface area contributed by atoms with Crippen molar-refractivity contribution in [1.29, 1.82) is 0 Å². The fraction of sp³-hybridized carbons (Fsp3) is 0.353. The molecule has 0 amide bonds. The second-order valence-corrected chi connectivity index (χ2v) is 7.57. The summed E-state index contributed by atoms with van der Waals surface area (Å²) in [6.07, 6.45) is 1.54. The Labute approximate surface area is 148 Å². The Kier molecular flexibility index (Phi) is 4.54. The lowest BCUT2D eigenvalue weighted by Crippen LogP contribution is -2.16. The van der Waals surface area contributed by atoms with E-state index in [1.165, 1.54) is 12.3 Å². The maximum absolute atomic E-state index is 13.6. The summed E-state index contributed by atoms with van der Waals surface area (Å²) in [6.45, 7) is 7.25. The molecule has 0 aliphatic rings. The largest absolute Gasteiger partial charge is 0.486 e. The number of halogens is 2. The first-order valence-electron chi connectivity index (χ1n) is 7.59. The minimum Gasteiger partial charge on any atom is -0.486 e. The third-order valence-electron chi connectivity index (χ3n) is 3.41. The highest BCUT2D eigenvalue weighted by Gasteiger charge is 2.17. The van der Waals surface area contributed by atoms with Gasteiger partial charge in [-0.15, -0.1) is 5.10 Å². The van der Waals surface area contributed by atoms with E-state index >= 15 is 0 Å². The van der Waals surface area contributed by atoms with Crippen molar-refractivity contribution in [3.63, 3.8) is 0 Å². The Morgan fingerprint density at radius 2 is 2.04 bits per heavy atom. The number of nitrogens with zero attached hydrogens (tertiary/aromatic N) is 4. The van der Waals surface area contributed by atoms with E-state index in [-0.39, 0.29) is 23.5 Å². The van der Waals surface area contributed by atoms with Crippen LogP contribution in [0.25, 0.3) is 11.0 Å². The molecule has 2 heterocycles. The van der Waals surface area contributed by atoms with E-state index < -0.39 is 0 Å². The van der Waals surface area contributed by atoms with Gasteiger partial charge in [0.25, 0.3) is 0 Å². The lowest BCUT2D eigenvalue weighted by molar-refractivity contribution is 0.292. The number of ether oxygens (including phenoxy) is 1. The summed E-state index contributed by atoms with van der Waals surface area (Å²) >= 11 is 3.51. The topological polar surface area (TPSA) is 52.8 Å². The van der Waals surface area contributed by atoms with Crippen molar-refractivity contribution in [2.75, 3.05) is 0 Å². The summed E-state index contributed by atoms with van der Waals surface area (Å²) in [5.74, 6) is 0.196. The Hall–Kier alpha value is -2.02. The van der Waals surface area contributed by atoms with Crippen LogP contribution in [0.3, 0.4) is 0 Å². The van der Waals surface area contributed by atoms with Crippen molar-refractivity contribution in [2.24, 2.45) is 5.41 Å². The minimum atomic E-state index is -0.383. The van der Waals surface area contributed by atoms with Crippen LogP contribution in [0.5, 0.6) is 5.75 Å². The number of hydrogen-bond acceptors (Lipinski definition) is 4. The van der Waals surface area contributed by atoms with Crippen LogP contribution < -0.4 is 4.74 Å². The van der Waals surface area contributed by atoms with Gasteiger partial charge < -0.3 is 4.74 Å². The molecule has 0 saturated carbocycles. The quantitative estimate of drug-likeness (QED) is 0.661. The number of benzene rings is 1. The van der Waals surface area contributed by atoms with Gasteiger partial charge in [-0.1, -0.05) is 26.0 Å². The van der Waals surface area contributed by atoms with Crippen LogP contribution in [0.4, 0.5) is 4.39 Å². The van der Waals surface area contributed by atoms with Gasteiger partial charge in [0.2, 0.25) is 0 Å². The summed E-state index contributed by atoms with van der Waals surface area (Å²) in [7, 11) is 0. The monoisotopic (exact) mass is 392 g/mol. The van der Waals surface area contributed by atoms with Crippen molar-refractivity contribution in [3.8, 4) is 5.75 Å². The predicted octanol–water partition coefficient (Wildman–Crippen LogP) is 4.35. The van der Waals surface area contributed by atoms with E-state index in [4.69, 9.17) is 4.74 Å². The summed E-state index contributed by atoms with van der Waals surface area (Å²) < 4.78 is 21.9. The van der Waals surface area contributed by atoms with Gasteiger partial charge in [0, 0.05) is 12.7 Å². The molecule has 7 heteroatoms. The van der Waals surface area contributed by atoms with Crippen LogP contribution in [-0.2, 0) is 13.2 Å². The third-order valence-corrected chi connectivity index (χ3v) is 4.18. The Bertz CT molecular complexity index is 873. The van der Waals surface area contributed by atoms with Crippen molar-refractivity contribution in [3.05, 3.63) is 46.4 Å². The van der Waals surface area contributed by atoms with E-state index in [1.807, 2.05) is 16.8 Å². The van der Waals surface area contributed by atoms with Gasteiger partial charge in [0.1, 0.15) is 29.4 Å². The molecule has 0 spiro atoms. The van der Waals surface area contributed by atoms with Gasteiger partial charge >= 0.3 is 0 Å². The first-order chi connectivity index (χ1) is 11.3. The molecule has 1 aromatic carbocycles. The fourth-order valence-corrected chi connectivity index (χ4v) is 2.86. The number of fused-ring (bicyclic) bond motifs is 1. The van der Waals surface area contributed by atoms with Crippen LogP contribution in [0.2, 0.25) is 0 Å². The smallest absolute Gasteiger partial charge is 0.148 e. The SMILES string of the molecule is CC(C)(C)Cn1nnc2c(Br)c(OCc3ncccc3F)ccc21. The molecule has 0 saturated heterocycles. The molecule has 0 bridgehead atoms. The second-order valence-electron chi connectivity index (χ2n) is 6.77. The van der Waals surface area contributed by atoms with Gasteiger partial charge in [0.05, 0.1) is 9.99 Å². The molecular formula is C17H18BrFN4O. The van der Waals surface area contributed by atoms with Crippen molar-refractivity contribution < 1.29 is 9.13 Å². The Morgan fingerprint density at radius 3 is 2.75 bits per heavy atom. The zero-order valence-electron chi connectivity index (χ0n) is 13.8. The first-order valence-corrected chi connectivity index (χ1v) is 8.38. The summed E-state index contributed by atoms with van der Waals surface area (Å²) in [6, 6.07) is 6.65. The maximum atomic E-state index is 13.6. The zero-order valence-corrected chi connectivity index (χ0v) is 15.3. The fourth-order valence-electron chi connectivity index (χ4n) is 2.33. The summed E-state index contributed by atoms with van der Waals surface area (Å²) in [5.41, 5.74) is 2.01. The molecule has 0 radical (unpaired) electrons. The Balaban J connectivity index is 1.86. The molecule has 0 unspecified atom stereocenters. The van der Waals surface area contributed by atoms with E-state index in [9.17, 15) is 4.39 Å². The van der Waals surface area contributed by atoms with Crippen molar-refractivity contribution in [2.45, 2.75) is 33.9 Å². The number of aromatic nitrogens is 4. The van der Waals surface area contributed by atoms with Gasteiger partial charge in [-0.05, 0) is 45.6 Å². The van der Waals surface area contributed by atoms with Crippen molar-refractivity contribution >= 4 is 27.0 Å². The lowest BCUT2D eigenvalue weighted by atomic mass is 9.97. The lowest BCUT2D eigenvalue weighted by Gasteiger charge is -2.18. The van der Waals surface area contributed by atoms with Gasteiger partial charge in [-0.2, -0.15) is 0 Å². The molecule has 5 nitrogen and oxygen atoms in total. The van der Waals surface area contributed by atoms with Gasteiger partial charge in [-0.3, -0.25) is 4.98 Å². The molecule has 126 valence electrons. The van der Waals surface area contributed by atoms with E-state index in [0.717, 1.165) is 17.6 Å². The summed E-state index contributed by atoms with van der Waals surface area (Å²) in [4.78, 5) is 3.98. The molecule has 0 aliphatic carbocycles. The zero-order chi connectivity index (χ0) is 17.3. The van der Waals surface area contributed by atoms with Crippen LogP contribution in [-0.4, -0.2) is 20.0 Å². The molecule has 0 aliphatic heterocycles. The number of rotatable bonds is 4. The van der Waals surface area contributed by atoms with Crippen LogP contribution in [0.15, 0.2) is 34.9 Å². The molecule has 3 aromatic rings. The third kappa shape index (κ3) is 3.56. The van der Waals surface area contributed by atoms with Crippen LogP contribution in [0.1, 0.15) is 26.5 Å². The predicted molar refractivity (Wildman–Crippen MR) is 93.2 cm³/mol. The molecule has 0 fully saturated rings. The molecule has 0 atom stereocenters. The van der Waals surface area contributed by atoms with E-state index in [0.29, 0.717) is 10.2 Å². The molecular weight excluding hydrogens is 375 g/mol. The standard InChI is InChI=1S/C17H18BrFN4O/c1-17(2,3)10-23-13-6-7-14(15(18)16(13)21-22-23)24-9-12-11(19)5-4-8-20-12/h4-8H,9-10H2,1-3H3. The molecule has 3 rings (SSSR count). The normalized spacial score (nSPS) is 11.9. The average molecular weight is 393 g/mol. The van der Waals surface area contributed by atoms with Crippen molar-refractivity contribution in [1.82, 2.24) is 20.0 Å². The van der Waals surface area contributed by atoms with Gasteiger partial charge in [-0.25, -0.2) is 9.07 Å². The molecule has 24 heavy (non-hydrogen) atoms. The number of pyridine rings is 1. The second kappa shape index (κ2) is 6.47. The minimum absolute atomic E-state index is 0.0485. The maximum Gasteiger partial charge on any atom is 0.148 e. The average Bonchev–Trinajstić information content (AvgIpc) is 2.90. The van der Waals surface area contributed by atoms with Gasteiger partial charge in [0.15, 0.2) is 0 Å². The van der Waals surface area contributed by atoms with Crippen LogP contribution >= 0.6 is 15.9 Å². The molecule has 2 aromatic heterocycles. The van der Waals surface area contributed by atoms with E-state index in [1.54, 1.807) is 6.07 Å². The highest BCUT2D eigenvalue weighted by molar-refractivity contribution is 9.10. The van der Waals surface area contributed by atoms with E-state index in [2.05, 4.69) is 52.0 Å². The first kappa shape index (κ1) is 16.8.